The van der Waals surface area contributed by atoms with Gasteiger partial charge in [-0.05, 0) is 19.8 Å². The van der Waals surface area contributed by atoms with Crippen molar-refractivity contribution in [3.63, 3.8) is 0 Å². The summed E-state index contributed by atoms with van der Waals surface area (Å²) in [5, 5.41) is 4.84. The lowest BCUT2D eigenvalue weighted by atomic mass is 9.99. The molecule has 2 rings (SSSR count). The highest BCUT2D eigenvalue weighted by atomic mass is 127. The lowest BCUT2D eigenvalue weighted by Gasteiger charge is -2.50. The highest BCUT2D eigenvalue weighted by molar-refractivity contribution is 14.1. The molecule has 0 aliphatic carbocycles. The molecule has 0 aromatic heterocycles. The minimum Gasteiger partial charge on any atom is -0.292 e. The first-order valence-corrected chi connectivity index (χ1v) is 10.2. The Hall–Kier alpha value is 1.29. The number of rotatable bonds is 3. The van der Waals surface area contributed by atoms with Crippen LogP contribution >= 0.6 is 45.2 Å². The van der Waals surface area contributed by atoms with Crippen molar-refractivity contribution in [2.24, 2.45) is 5.14 Å². The maximum Gasteiger partial charge on any atom is 0.215 e. The fourth-order valence-electron chi connectivity index (χ4n) is 2.66. The normalized spacial score (nSPS) is 34.2. The van der Waals surface area contributed by atoms with E-state index in [1.807, 2.05) is 0 Å². The Morgan fingerprint density at radius 3 is 2.28 bits per heavy atom. The van der Waals surface area contributed by atoms with Crippen molar-refractivity contribution in [1.29, 1.82) is 0 Å². The van der Waals surface area contributed by atoms with Crippen LogP contribution in [0.25, 0.3) is 0 Å². The van der Waals surface area contributed by atoms with Gasteiger partial charge in [-0.1, -0.05) is 45.2 Å². The first kappa shape index (κ1) is 15.7. The van der Waals surface area contributed by atoms with E-state index >= 15 is 0 Å². The molecule has 8 heteroatoms. The minimum absolute atomic E-state index is 0.0474. The molecular formula is C10H19I2N3O2S. The zero-order chi connectivity index (χ0) is 13.5. The van der Waals surface area contributed by atoms with E-state index in [4.69, 9.17) is 5.14 Å². The first-order valence-electron chi connectivity index (χ1n) is 6.10. The highest BCUT2D eigenvalue weighted by Gasteiger charge is 2.47. The Bertz CT molecular complexity index is 396. The monoisotopic (exact) mass is 499 g/mol. The predicted molar refractivity (Wildman–Crippen MR) is 89.5 cm³/mol. The second-order valence-corrected chi connectivity index (χ2v) is 9.90. The number of sulfonamides is 1. The third-order valence-corrected chi connectivity index (χ3v) is 8.02. The molecule has 3 atom stereocenters. The molecule has 18 heavy (non-hydrogen) atoms. The van der Waals surface area contributed by atoms with Crippen molar-refractivity contribution in [3.8, 4) is 0 Å². The first-order chi connectivity index (χ1) is 8.30. The topological polar surface area (TPSA) is 66.6 Å². The van der Waals surface area contributed by atoms with Gasteiger partial charge in [0.1, 0.15) is 5.25 Å². The van der Waals surface area contributed by atoms with E-state index in [0.717, 1.165) is 25.9 Å². The van der Waals surface area contributed by atoms with Crippen molar-refractivity contribution in [2.75, 3.05) is 19.6 Å². The number of primary sulfonamides is 1. The number of hydrogen-bond donors (Lipinski definition) is 1. The standard InChI is InChI=1S/C10H19I2N3O2S/c1-7(11)14-4-2-8(3-5-14)15-6-9(10(15)12)18(13,16)17/h7-10H,2-6H2,1H3,(H2,13,16,17). The van der Waals surface area contributed by atoms with Crippen LogP contribution in [0, 0.1) is 0 Å². The van der Waals surface area contributed by atoms with Gasteiger partial charge in [0.05, 0.1) is 8.10 Å². The number of halogens is 2. The van der Waals surface area contributed by atoms with Gasteiger partial charge in [-0.15, -0.1) is 0 Å². The Labute approximate surface area is 136 Å². The molecule has 2 N–H and O–H groups in total. The molecule has 0 amide bonds. The number of piperidine rings is 1. The fraction of sp³-hybridized carbons (Fsp3) is 1.00. The lowest BCUT2D eigenvalue weighted by molar-refractivity contribution is 0.0576. The van der Waals surface area contributed by atoms with Crippen molar-refractivity contribution in [1.82, 2.24) is 9.80 Å². The van der Waals surface area contributed by atoms with Crippen molar-refractivity contribution in [2.45, 2.75) is 39.2 Å². The summed E-state index contributed by atoms with van der Waals surface area (Å²) in [7, 11) is -3.37. The Kier molecular flexibility index (Phi) is 5.19. The number of hydrogen-bond acceptors (Lipinski definition) is 4. The van der Waals surface area contributed by atoms with Gasteiger partial charge < -0.3 is 0 Å². The molecule has 0 spiro atoms. The summed E-state index contributed by atoms with van der Waals surface area (Å²) in [6.45, 7) is 5.03. The molecule has 0 bridgehead atoms. The van der Waals surface area contributed by atoms with Crippen LogP contribution in [0.1, 0.15) is 19.8 Å². The van der Waals surface area contributed by atoms with E-state index < -0.39 is 10.0 Å². The Balaban J connectivity index is 1.86. The van der Waals surface area contributed by atoms with Gasteiger partial charge in [0.2, 0.25) is 10.0 Å². The number of nitrogens with zero attached hydrogens (tertiary/aromatic N) is 2. The van der Waals surface area contributed by atoms with E-state index in [-0.39, 0.29) is 9.30 Å². The van der Waals surface area contributed by atoms with Crippen LogP contribution in [0.2, 0.25) is 0 Å². The second kappa shape index (κ2) is 5.96. The average molecular weight is 499 g/mol. The molecule has 0 saturated carbocycles. The molecule has 2 heterocycles. The van der Waals surface area contributed by atoms with E-state index in [2.05, 4.69) is 61.9 Å². The van der Waals surface area contributed by atoms with E-state index in [9.17, 15) is 8.42 Å². The summed E-state index contributed by atoms with van der Waals surface area (Å²) in [4.78, 5) is 4.76. The average Bonchev–Trinajstić information content (AvgIpc) is 2.26. The smallest absolute Gasteiger partial charge is 0.215 e. The minimum atomic E-state index is -3.37. The molecule has 2 aliphatic rings. The molecule has 2 fully saturated rings. The Morgan fingerprint density at radius 1 is 1.33 bits per heavy atom. The third-order valence-electron chi connectivity index (χ3n) is 3.91. The van der Waals surface area contributed by atoms with Crippen molar-refractivity contribution in [3.05, 3.63) is 0 Å². The van der Waals surface area contributed by atoms with Crippen molar-refractivity contribution < 1.29 is 8.42 Å². The van der Waals surface area contributed by atoms with Crippen LogP contribution in [-0.4, -0.2) is 57.2 Å². The van der Waals surface area contributed by atoms with Gasteiger partial charge in [0.25, 0.3) is 0 Å². The fourth-order valence-corrected chi connectivity index (χ4v) is 6.20. The second-order valence-electron chi connectivity index (χ2n) is 5.04. The summed E-state index contributed by atoms with van der Waals surface area (Å²) >= 11 is 4.66. The van der Waals surface area contributed by atoms with Gasteiger partial charge in [-0.25, -0.2) is 13.6 Å². The number of alkyl halides is 2. The van der Waals surface area contributed by atoms with Gasteiger partial charge in [-0.3, -0.25) is 9.80 Å². The molecular weight excluding hydrogens is 480 g/mol. The van der Waals surface area contributed by atoms with E-state index in [1.54, 1.807) is 0 Å². The zero-order valence-electron chi connectivity index (χ0n) is 10.3. The van der Waals surface area contributed by atoms with Gasteiger partial charge in [0, 0.05) is 25.7 Å². The number of nitrogens with two attached hydrogens (primary N) is 1. The van der Waals surface area contributed by atoms with Crippen LogP contribution < -0.4 is 5.14 Å². The quantitative estimate of drug-likeness (QED) is 0.357. The maximum absolute atomic E-state index is 11.3. The van der Waals surface area contributed by atoms with Crippen LogP contribution in [-0.2, 0) is 10.0 Å². The molecule has 0 aromatic carbocycles. The third kappa shape index (κ3) is 3.30. The molecule has 5 nitrogen and oxygen atoms in total. The van der Waals surface area contributed by atoms with Crippen LogP contribution in [0.4, 0.5) is 0 Å². The maximum atomic E-state index is 11.3. The van der Waals surface area contributed by atoms with Crippen LogP contribution in [0.3, 0.4) is 0 Å². The highest BCUT2D eigenvalue weighted by Crippen LogP contribution is 2.34. The molecule has 3 unspecified atom stereocenters. The largest absolute Gasteiger partial charge is 0.292 e. The summed E-state index contributed by atoms with van der Waals surface area (Å²) in [6, 6.07) is 0.524. The van der Waals surface area contributed by atoms with E-state index in [1.165, 1.54) is 0 Å². The van der Waals surface area contributed by atoms with Gasteiger partial charge in [-0.2, -0.15) is 0 Å². The SMILES string of the molecule is CC(I)N1CCC(N2CC(S(N)(=O)=O)C2I)CC1. The summed E-state index contributed by atoms with van der Waals surface area (Å²) < 4.78 is 23.3. The summed E-state index contributed by atoms with van der Waals surface area (Å²) in [5.74, 6) is 0. The lowest BCUT2D eigenvalue weighted by Crippen LogP contribution is -2.65. The summed E-state index contributed by atoms with van der Waals surface area (Å²) in [5.41, 5.74) is 0. The van der Waals surface area contributed by atoms with Crippen molar-refractivity contribution >= 4 is 55.2 Å². The van der Waals surface area contributed by atoms with Crippen LogP contribution in [0.5, 0.6) is 0 Å². The zero-order valence-corrected chi connectivity index (χ0v) is 15.4. The molecule has 0 aromatic rings. The number of likely N-dealkylation sites (tertiary alicyclic amines) is 2. The Morgan fingerprint density at radius 2 is 1.89 bits per heavy atom. The van der Waals surface area contributed by atoms with Gasteiger partial charge >= 0.3 is 0 Å². The van der Waals surface area contributed by atoms with E-state index in [0.29, 0.717) is 16.6 Å². The molecule has 2 saturated heterocycles. The van der Waals surface area contributed by atoms with Crippen LogP contribution in [0.15, 0.2) is 0 Å². The predicted octanol–water partition coefficient (Wildman–Crippen LogP) is 0.966. The molecule has 106 valence electrons. The van der Waals surface area contributed by atoms with Gasteiger partial charge in [0.15, 0.2) is 0 Å². The summed E-state index contributed by atoms with van der Waals surface area (Å²) in [6.07, 6.45) is 2.26. The molecule has 0 radical (unpaired) electrons. The molecule has 2 aliphatic heterocycles.